The number of carbonyl (C=O) groups excluding carboxylic acids is 2. The van der Waals surface area contributed by atoms with Gasteiger partial charge in [-0.3, -0.25) is 15.0 Å². The second-order valence-electron chi connectivity index (χ2n) is 15.2. The van der Waals surface area contributed by atoms with Gasteiger partial charge in [-0.1, -0.05) is 30.4 Å². The van der Waals surface area contributed by atoms with Crippen molar-refractivity contribution in [2.45, 2.75) is 80.8 Å². The number of aryl methyl sites for hydroxylation is 1. The topological polar surface area (TPSA) is 160 Å². The van der Waals surface area contributed by atoms with Crippen molar-refractivity contribution in [1.82, 2.24) is 20.9 Å². The van der Waals surface area contributed by atoms with E-state index in [0.29, 0.717) is 52.7 Å². The number of carbonyl (C=O) groups is 2. The predicted octanol–water partition coefficient (Wildman–Crippen LogP) is 3.02. The van der Waals surface area contributed by atoms with Crippen LogP contribution in [-0.4, -0.2) is 89.8 Å². The number of hydrogen-bond donors (Lipinski definition) is 5. The molecule has 53 heavy (non-hydrogen) atoms. The molecule has 14 heteroatoms. The Labute approximate surface area is 310 Å². The van der Waals surface area contributed by atoms with E-state index < -0.39 is 53.1 Å². The molecule has 2 aromatic rings. The number of rotatable bonds is 2. The average molecular weight is 743 g/mol. The fraction of sp³-hybridized carbons (Fsp3) is 0.487. The van der Waals surface area contributed by atoms with Crippen LogP contribution in [0.2, 0.25) is 0 Å². The number of aliphatic hydroxyl groups excluding tert-OH is 1. The molecule has 13 nitrogen and oxygen atoms in total. The first-order valence-electron chi connectivity index (χ1n) is 18.3. The number of aromatic hydroxyl groups is 1. The van der Waals surface area contributed by atoms with Crippen LogP contribution in [0.5, 0.6) is 28.7 Å². The van der Waals surface area contributed by atoms with Crippen molar-refractivity contribution in [1.29, 1.82) is 0 Å². The van der Waals surface area contributed by atoms with Crippen molar-refractivity contribution in [3.63, 3.8) is 0 Å². The van der Waals surface area contributed by atoms with Gasteiger partial charge in [0.05, 0.1) is 36.5 Å². The number of nitrogens with zero attached hydrogens (tertiary/aromatic N) is 1. The molecule has 11 rings (SSSR count). The Kier molecular flexibility index (Phi) is 7.49. The number of nitrogens with one attached hydrogen (secondary N) is 3. The molecule has 0 aromatic heterocycles. The first-order valence-corrected chi connectivity index (χ1v) is 19.3. The minimum absolute atomic E-state index is 0.0313. The highest BCUT2D eigenvalue weighted by atomic mass is 32.2. The molecule has 8 aliphatic heterocycles. The molecule has 278 valence electrons. The SMILES string of the molecule is COc1c(C)cc2c(c1O)C1NC(C2)[C@H](O)N2C3COC(=O)[C@@]4(CS[C@@H](c5c(OC(C)=O)c(C)c6c(c53)OCO6)C12)NCCC1=C4NC2C=CC=CC12. The molecule has 1 spiro atoms. The van der Waals surface area contributed by atoms with Gasteiger partial charge >= 0.3 is 11.9 Å². The number of piperazine rings is 1. The standard InChI is InChI=1S/C39H42N4O9S/c1-16-11-19-12-23-37(46)43-24-13-49-38(47)39(36-21(9-10-40-39)20-7-5-6-8-22(20)42-36)14-53-35(29(43)28(41-23)25(19)30(45)31(16)48-4)27-26(24)34-33(50-15-51-34)17(2)32(27)52-18(3)44/h5-8,11,20,22-24,28-29,35,37,40-42,45-46H,9-10,12-15H2,1-4H3/t20?,22?,23?,24?,28?,29?,35-,37-,39-/m0/s1. The molecule has 2 saturated heterocycles. The highest BCUT2D eigenvalue weighted by Gasteiger charge is 2.61. The number of ether oxygens (including phenoxy) is 5. The molecule has 5 N–H and O–H groups in total. The van der Waals surface area contributed by atoms with Crippen LogP contribution < -0.4 is 34.9 Å². The van der Waals surface area contributed by atoms with Gasteiger partial charge in [0.25, 0.3) is 0 Å². The number of benzene rings is 2. The van der Waals surface area contributed by atoms with E-state index in [0.717, 1.165) is 28.8 Å². The van der Waals surface area contributed by atoms with Crippen LogP contribution in [0.15, 0.2) is 41.6 Å². The van der Waals surface area contributed by atoms with E-state index in [1.807, 2.05) is 30.9 Å². The summed E-state index contributed by atoms with van der Waals surface area (Å²) in [6.07, 6.45) is 8.65. The predicted molar refractivity (Wildman–Crippen MR) is 193 cm³/mol. The van der Waals surface area contributed by atoms with Gasteiger partial charge in [0.15, 0.2) is 28.5 Å². The summed E-state index contributed by atoms with van der Waals surface area (Å²) >= 11 is 1.55. The van der Waals surface area contributed by atoms with E-state index in [9.17, 15) is 19.8 Å². The largest absolute Gasteiger partial charge is 0.504 e. The highest BCUT2D eigenvalue weighted by molar-refractivity contribution is 7.99. The van der Waals surface area contributed by atoms with Crippen LogP contribution in [0.1, 0.15) is 64.1 Å². The molecular weight excluding hydrogens is 701 g/mol. The molecule has 0 saturated carbocycles. The number of esters is 2. The molecule has 2 aromatic carbocycles. The minimum Gasteiger partial charge on any atom is -0.504 e. The molecule has 6 unspecified atom stereocenters. The fourth-order valence-corrected chi connectivity index (χ4v) is 12.1. The van der Waals surface area contributed by atoms with Gasteiger partial charge in [-0.2, -0.15) is 0 Å². The Hall–Kier alpha value is -4.21. The van der Waals surface area contributed by atoms with E-state index in [4.69, 9.17) is 23.7 Å². The number of phenolic OH excluding ortho intramolecular Hbond substituents is 1. The summed E-state index contributed by atoms with van der Waals surface area (Å²) in [5.41, 5.74) is 5.32. The molecule has 1 aliphatic carbocycles. The first kappa shape index (κ1) is 33.4. The van der Waals surface area contributed by atoms with Crippen molar-refractivity contribution < 1.29 is 43.5 Å². The fourth-order valence-electron chi connectivity index (χ4n) is 10.4. The van der Waals surface area contributed by atoms with Crippen molar-refractivity contribution >= 4 is 23.7 Å². The molecule has 9 atom stereocenters. The molecule has 8 heterocycles. The maximum atomic E-state index is 14.7. The smallest absolute Gasteiger partial charge is 0.333 e. The first-order chi connectivity index (χ1) is 25.6. The highest BCUT2D eigenvalue weighted by Crippen LogP contribution is 2.63. The van der Waals surface area contributed by atoms with Gasteiger partial charge < -0.3 is 44.5 Å². The summed E-state index contributed by atoms with van der Waals surface area (Å²) in [7, 11) is 1.55. The van der Waals surface area contributed by atoms with Gasteiger partial charge in [0.2, 0.25) is 6.79 Å². The summed E-state index contributed by atoms with van der Waals surface area (Å²) in [4.78, 5) is 29.6. The third kappa shape index (κ3) is 4.53. The Morgan fingerprint density at radius 1 is 1.09 bits per heavy atom. The van der Waals surface area contributed by atoms with Crippen LogP contribution in [0, 0.1) is 19.8 Å². The van der Waals surface area contributed by atoms with E-state index in [-0.39, 0.29) is 36.9 Å². The Bertz CT molecular complexity index is 2080. The number of methoxy groups -OCH3 is 1. The lowest BCUT2D eigenvalue weighted by molar-refractivity contribution is -0.163. The van der Waals surface area contributed by atoms with Crippen LogP contribution in [-0.2, 0) is 20.7 Å². The summed E-state index contributed by atoms with van der Waals surface area (Å²) in [5, 5.41) is 34.8. The van der Waals surface area contributed by atoms with Gasteiger partial charge in [0.1, 0.15) is 18.6 Å². The van der Waals surface area contributed by atoms with Crippen molar-refractivity contribution in [3.05, 3.63) is 75.0 Å². The maximum absolute atomic E-state index is 14.7. The zero-order chi connectivity index (χ0) is 36.5. The summed E-state index contributed by atoms with van der Waals surface area (Å²) in [6, 6.07) is -0.0702. The van der Waals surface area contributed by atoms with Crippen LogP contribution >= 0.6 is 11.8 Å². The third-order valence-electron chi connectivity index (χ3n) is 12.5. The number of aliphatic hydroxyl groups is 1. The number of phenols is 1. The Morgan fingerprint density at radius 3 is 2.72 bits per heavy atom. The second-order valence-corrected chi connectivity index (χ2v) is 16.3. The monoisotopic (exact) mass is 742 g/mol. The van der Waals surface area contributed by atoms with Crippen molar-refractivity contribution in [2.75, 3.05) is 32.8 Å². The van der Waals surface area contributed by atoms with Crippen LogP contribution in [0.25, 0.3) is 0 Å². The number of hydrogen-bond acceptors (Lipinski definition) is 14. The van der Waals surface area contributed by atoms with Gasteiger partial charge in [-0.15, -0.1) is 11.8 Å². The zero-order valence-corrected chi connectivity index (χ0v) is 30.7. The summed E-state index contributed by atoms with van der Waals surface area (Å²) in [5.74, 6) is 1.30. The molecular formula is C39H42N4O9S. The minimum atomic E-state index is -1.19. The lowest BCUT2D eigenvalue weighted by atomic mass is 9.74. The van der Waals surface area contributed by atoms with Gasteiger partial charge in [-0.05, 0) is 43.4 Å². The lowest BCUT2D eigenvalue weighted by Crippen LogP contribution is -2.70. The molecule has 2 fully saturated rings. The molecule has 9 aliphatic rings. The molecule has 0 radical (unpaired) electrons. The zero-order valence-electron chi connectivity index (χ0n) is 29.9. The van der Waals surface area contributed by atoms with Crippen LogP contribution in [0.3, 0.4) is 0 Å². The average Bonchev–Trinajstić information content (AvgIpc) is 3.79. The maximum Gasteiger partial charge on any atom is 0.333 e. The van der Waals surface area contributed by atoms with Gasteiger partial charge in [0, 0.05) is 59.1 Å². The Morgan fingerprint density at radius 2 is 1.91 bits per heavy atom. The van der Waals surface area contributed by atoms with E-state index in [1.54, 1.807) is 18.9 Å². The third-order valence-corrected chi connectivity index (χ3v) is 14.0. The quantitative estimate of drug-likeness (QED) is 0.226. The van der Waals surface area contributed by atoms with Crippen molar-refractivity contribution in [2.24, 2.45) is 5.92 Å². The van der Waals surface area contributed by atoms with Gasteiger partial charge in [-0.25, -0.2) is 4.79 Å². The molecule has 0 amide bonds. The van der Waals surface area contributed by atoms with E-state index in [2.05, 4.69) is 34.2 Å². The number of thioether (sulfide) groups is 1. The number of allylic oxidation sites excluding steroid dienone is 2. The second kappa shape index (κ2) is 11.9. The van der Waals surface area contributed by atoms with E-state index >= 15 is 0 Å². The van der Waals surface area contributed by atoms with E-state index in [1.165, 1.54) is 12.5 Å². The van der Waals surface area contributed by atoms with Crippen LogP contribution in [0.4, 0.5) is 0 Å². The normalized spacial score (nSPS) is 34.4. The lowest BCUT2D eigenvalue weighted by Gasteiger charge is -2.59. The molecule has 4 bridgehead atoms. The van der Waals surface area contributed by atoms with Crippen molar-refractivity contribution in [3.8, 4) is 28.7 Å². The Balaban J connectivity index is 1.21. The number of fused-ring (bicyclic) bond motifs is 10. The summed E-state index contributed by atoms with van der Waals surface area (Å²) < 4.78 is 30.5. The summed E-state index contributed by atoms with van der Waals surface area (Å²) in [6.45, 7) is 5.57.